The summed E-state index contributed by atoms with van der Waals surface area (Å²) in [4.78, 5) is 0. The molecule has 0 aromatic carbocycles. The molecule has 0 rings (SSSR count). The maximum Gasteiger partial charge on any atom is 0.0852 e. The van der Waals surface area contributed by atoms with E-state index in [0.717, 1.165) is 12.8 Å². The predicted molar refractivity (Wildman–Crippen MR) is 85.3 cm³/mol. The molecule has 0 aliphatic rings. The Balaban J connectivity index is 4.03. The van der Waals surface area contributed by atoms with Gasteiger partial charge in [0, 0.05) is 6.54 Å². The number of likely N-dealkylation sites (N-methyl/N-ethyl adjacent to an activating group) is 3. The van der Waals surface area contributed by atoms with Crippen LogP contribution in [0.5, 0.6) is 0 Å². The zero-order chi connectivity index (χ0) is 14.6. The van der Waals surface area contributed by atoms with Crippen molar-refractivity contribution in [1.29, 1.82) is 0 Å². The maximum absolute atomic E-state index is 5.85. The molecule has 0 saturated heterocycles. The van der Waals surface area contributed by atoms with Crippen LogP contribution in [0.15, 0.2) is 12.7 Å². The molecule has 5 N–H and O–H groups in total. The van der Waals surface area contributed by atoms with E-state index in [1.165, 1.54) is 32.1 Å². The fraction of sp³-hybridized carbons (Fsp3) is 0.867. The lowest BCUT2D eigenvalue weighted by atomic mass is 9.93. The molecule has 0 amide bonds. The highest BCUT2D eigenvalue weighted by Crippen LogP contribution is 2.17. The van der Waals surface area contributed by atoms with Crippen molar-refractivity contribution >= 4 is 0 Å². The number of unbranched alkanes of at least 4 members (excludes halogenated alkanes) is 5. The largest absolute Gasteiger partial charge is 0.329 e. The molecule has 0 aromatic rings. The molecule has 0 aliphatic heterocycles. The van der Waals surface area contributed by atoms with E-state index in [9.17, 15) is 0 Å². The van der Waals surface area contributed by atoms with Crippen molar-refractivity contribution < 1.29 is 0 Å². The average Bonchev–Trinajstić information content (AvgIpc) is 2.45. The van der Waals surface area contributed by atoms with E-state index in [1.54, 1.807) is 0 Å². The molecule has 1 atom stereocenters. The summed E-state index contributed by atoms with van der Waals surface area (Å²) in [5.41, 5.74) is 5.75. The van der Waals surface area contributed by atoms with Crippen LogP contribution in [0.2, 0.25) is 0 Å². The zero-order valence-electron chi connectivity index (χ0n) is 13.1. The van der Waals surface area contributed by atoms with Crippen LogP contribution >= 0.6 is 0 Å². The first-order valence-corrected chi connectivity index (χ1v) is 7.56. The number of nitrogens with one attached hydrogen (secondary N) is 3. The number of nitrogens with two attached hydrogens (primary N) is 1. The summed E-state index contributed by atoms with van der Waals surface area (Å²) in [6, 6.07) is 0.239. The maximum atomic E-state index is 5.85. The first-order valence-electron chi connectivity index (χ1n) is 7.56. The predicted octanol–water partition coefficient (Wildman–Crippen LogP) is 1.58. The highest BCUT2D eigenvalue weighted by molar-refractivity contribution is 4.95. The first kappa shape index (κ1) is 18.6. The van der Waals surface area contributed by atoms with Gasteiger partial charge in [-0.25, -0.2) is 0 Å². The molecule has 0 aromatic heterocycles. The second-order valence-corrected chi connectivity index (χ2v) is 5.14. The first-order chi connectivity index (χ1) is 9.20. The summed E-state index contributed by atoms with van der Waals surface area (Å²) in [5, 5.41) is 10.1. The third-order valence-electron chi connectivity index (χ3n) is 4.05. The van der Waals surface area contributed by atoms with Crippen molar-refractivity contribution in [3.63, 3.8) is 0 Å². The van der Waals surface area contributed by atoms with Gasteiger partial charge in [-0.3, -0.25) is 0 Å². The van der Waals surface area contributed by atoms with Crippen molar-refractivity contribution in [2.24, 2.45) is 5.73 Å². The smallest absolute Gasteiger partial charge is 0.0852 e. The molecule has 19 heavy (non-hydrogen) atoms. The van der Waals surface area contributed by atoms with Gasteiger partial charge >= 0.3 is 0 Å². The van der Waals surface area contributed by atoms with Crippen LogP contribution in [0.25, 0.3) is 0 Å². The molecule has 4 nitrogen and oxygen atoms in total. The number of hydrogen-bond donors (Lipinski definition) is 4. The van der Waals surface area contributed by atoms with E-state index >= 15 is 0 Å². The summed E-state index contributed by atoms with van der Waals surface area (Å²) < 4.78 is 0. The summed E-state index contributed by atoms with van der Waals surface area (Å²) in [6.45, 7) is 4.37. The molecule has 0 aliphatic carbocycles. The molecule has 1 unspecified atom stereocenters. The van der Waals surface area contributed by atoms with Crippen molar-refractivity contribution in [1.82, 2.24) is 16.0 Å². The Kier molecular flexibility index (Phi) is 11.2. The Morgan fingerprint density at radius 2 is 1.63 bits per heavy atom. The molecule has 114 valence electrons. The minimum absolute atomic E-state index is 0.107. The van der Waals surface area contributed by atoms with E-state index < -0.39 is 0 Å². The highest BCUT2D eigenvalue weighted by atomic mass is 15.2. The van der Waals surface area contributed by atoms with E-state index in [-0.39, 0.29) is 11.7 Å². The van der Waals surface area contributed by atoms with Gasteiger partial charge in [0.05, 0.1) is 11.7 Å². The molecule has 0 saturated carbocycles. The van der Waals surface area contributed by atoms with Gasteiger partial charge in [-0.15, -0.1) is 6.58 Å². The Morgan fingerprint density at radius 1 is 1.05 bits per heavy atom. The lowest BCUT2D eigenvalue weighted by Crippen LogP contribution is -2.67. The van der Waals surface area contributed by atoms with Crippen LogP contribution in [0.3, 0.4) is 0 Å². The fourth-order valence-electron chi connectivity index (χ4n) is 2.69. The van der Waals surface area contributed by atoms with Crippen molar-refractivity contribution in [2.45, 2.75) is 56.7 Å². The number of rotatable bonds is 13. The Labute approximate surface area is 119 Å². The molecule has 0 spiro atoms. The highest BCUT2D eigenvalue weighted by Gasteiger charge is 2.33. The lowest BCUT2D eigenvalue weighted by molar-refractivity contribution is 0.195. The Hall–Kier alpha value is -0.420. The van der Waals surface area contributed by atoms with Crippen molar-refractivity contribution in [3.05, 3.63) is 12.7 Å². The van der Waals surface area contributed by atoms with Gasteiger partial charge in [-0.05, 0) is 40.4 Å². The van der Waals surface area contributed by atoms with Crippen LogP contribution in [0.1, 0.15) is 44.9 Å². The molecule has 0 heterocycles. The molecule has 0 fully saturated rings. The minimum Gasteiger partial charge on any atom is -0.329 e. The quantitative estimate of drug-likeness (QED) is 0.233. The van der Waals surface area contributed by atoms with E-state index in [0.29, 0.717) is 6.54 Å². The second-order valence-electron chi connectivity index (χ2n) is 5.14. The minimum atomic E-state index is -0.107. The average molecular weight is 270 g/mol. The lowest BCUT2D eigenvalue weighted by Gasteiger charge is -2.40. The van der Waals surface area contributed by atoms with Crippen LogP contribution in [-0.2, 0) is 0 Å². The molecule has 0 radical (unpaired) electrons. The van der Waals surface area contributed by atoms with Gasteiger partial charge in [0.1, 0.15) is 0 Å². The standard InChI is InChI=1S/C15H34N4/c1-5-6-7-8-9-10-11-12-15(18-3,19-4)14(13-16)17-2/h5,14,17-19H,1,6-13,16H2,2-4H3. The molecule has 0 bridgehead atoms. The van der Waals surface area contributed by atoms with Crippen molar-refractivity contribution in [3.8, 4) is 0 Å². The summed E-state index contributed by atoms with van der Waals surface area (Å²) in [6.07, 6.45) is 10.6. The monoisotopic (exact) mass is 270 g/mol. The van der Waals surface area contributed by atoms with Crippen LogP contribution in [0, 0.1) is 0 Å². The Bertz CT molecular complexity index is 210. The SMILES string of the molecule is C=CCCCCCCCC(NC)(NC)C(CN)NC. The fourth-order valence-corrected chi connectivity index (χ4v) is 2.69. The van der Waals surface area contributed by atoms with Gasteiger partial charge in [-0.2, -0.15) is 0 Å². The number of hydrogen-bond acceptors (Lipinski definition) is 4. The van der Waals surface area contributed by atoms with E-state index in [4.69, 9.17) is 5.73 Å². The van der Waals surface area contributed by atoms with E-state index in [1.807, 2.05) is 27.2 Å². The second kappa shape index (κ2) is 11.4. The number of allylic oxidation sites excluding steroid dienone is 1. The third-order valence-corrected chi connectivity index (χ3v) is 4.05. The Morgan fingerprint density at radius 3 is 2.11 bits per heavy atom. The summed E-state index contributed by atoms with van der Waals surface area (Å²) in [5.74, 6) is 0. The van der Waals surface area contributed by atoms with Crippen LogP contribution in [-0.4, -0.2) is 39.4 Å². The summed E-state index contributed by atoms with van der Waals surface area (Å²) in [7, 11) is 5.97. The normalized spacial score (nSPS) is 13.5. The molecule has 4 heteroatoms. The van der Waals surface area contributed by atoms with Gasteiger partial charge in [0.2, 0.25) is 0 Å². The van der Waals surface area contributed by atoms with Crippen molar-refractivity contribution in [2.75, 3.05) is 27.7 Å². The topological polar surface area (TPSA) is 62.1 Å². The summed E-state index contributed by atoms with van der Waals surface area (Å²) >= 11 is 0. The van der Waals surface area contributed by atoms with Gasteiger partial charge in [0.25, 0.3) is 0 Å². The molecular weight excluding hydrogens is 236 g/mol. The van der Waals surface area contributed by atoms with Crippen LogP contribution in [0.4, 0.5) is 0 Å². The van der Waals surface area contributed by atoms with Gasteiger partial charge in [0.15, 0.2) is 0 Å². The van der Waals surface area contributed by atoms with Gasteiger partial charge in [-0.1, -0.05) is 31.8 Å². The molecular formula is C15H34N4. The third kappa shape index (κ3) is 6.52. The van der Waals surface area contributed by atoms with Gasteiger partial charge < -0.3 is 21.7 Å². The van der Waals surface area contributed by atoms with E-state index in [2.05, 4.69) is 22.5 Å². The zero-order valence-corrected chi connectivity index (χ0v) is 13.1. The van der Waals surface area contributed by atoms with Crippen LogP contribution < -0.4 is 21.7 Å².